The Balaban J connectivity index is 2.34. The van der Waals surface area contributed by atoms with Gasteiger partial charge in [-0.1, -0.05) is 18.3 Å². The fourth-order valence-electron chi connectivity index (χ4n) is 1.08. The van der Waals surface area contributed by atoms with Gasteiger partial charge in [-0.25, -0.2) is 0 Å². The standard InChI is InChI=1S/C8H8N6O2S2/c1-2-3-11-13-8(18-3)14-12-4-5(15)9-7(17)10-6(4)16/h2H2,1H3,(H3,9,10,15,16,17). The second kappa shape index (κ2) is 5.14. The summed E-state index contributed by atoms with van der Waals surface area (Å²) >= 11 is 5.94. The number of H-pyrrole nitrogens is 2. The van der Waals surface area contributed by atoms with E-state index in [2.05, 4.69) is 42.6 Å². The van der Waals surface area contributed by atoms with Gasteiger partial charge in [0.15, 0.2) is 4.77 Å². The average molecular weight is 284 g/mol. The molecule has 0 spiro atoms. The third kappa shape index (κ3) is 2.65. The third-order valence-electron chi connectivity index (χ3n) is 1.89. The summed E-state index contributed by atoms with van der Waals surface area (Å²) in [5.41, 5.74) is -0.878. The van der Waals surface area contributed by atoms with Gasteiger partial charge in [0.05, 0.1) is 0 Å². The van der Waals surface area contributed by atoms with Crippen LogP contribution in [0, 0.1) is 4.77 Å². The summed E-state index contributed by atoms with van der Waals surface area (Å²) in [6.07, 6.45) is 0.747. The van der Waals surface area contributed by atoms with Crippen LogP contribution in [0.4, 0.5) is 10.8 Å². The van der Waals surface area contributed by atoms with E-state index in [1.165, 1.54) is 11.3 Å². The molecule has 0 saturated carbocycles. The quantitative estimate of drug-likeness (QED) is 0.588. The van der Waals surface area contributed by atoms with Crippen molar-refractivity contribution in [1.29, 1.82) is 0 Å². The molecular weight excluding hydrogens is 276 g/mol. The number of hydrogen-bond acceptors (Lipinski definition) is 8. The summed E-state index contributed by atoms with van der Waals surface area (Å²) in [4.78, 5) is 16.1. The smallest absolute Gasteiger partial charge is 0.283 e. The number of aromatic nitrogens is 4. The van der Waals surface area contributed by atoms with Crippen LogP contribution in [0.2, 0.25) is 0 Å². The largest absolute Gasteiger partial charge is 0.493 e. The minimum atomic E-state index is -0.625. The van der Waals surface area contributed by atoms with Crippen LogP contribution in [0.25, 0.3) is 0 Å². The average Bonchev–Trinajstić information content (AvgIpc) is 2.75. The van der Waals surface area contributed by atoms with Crippen LogP contribution in [0.1, 0.15) is 11.9 Å². The van der Waals surface area contributed by atoms with Crippen LogP contribution in [0.5, 0.6) is 5.88 Å². The Morgan fingerprint density at radius 1 is 1.39 bits per heavy atom. The fraction of sp³-hybridized carbons (Fsp3) is 0.250. The lowest BCUT2D eigenvalue weighted by Crippen LogP contribution is -2.06. The second-order valence-electron chi connectivity index (χ2n) is 3.14. The van der Waals surface area contributed by atoms with E-state index in [9.17, 15) is 9.90 Å². The normalized spacial score (nSPS) is 11.2. The number of rotatable bonds is 3. The molecule has 10 heteroatoms. The zero-order valence-corrected chi connectivity index (χ0v) is 10.8. The van der Waals surface area contributed by atoms with E-state index in [1.807, 2.05) is 6.92 Å². The van der Waals surface area contributed by atoms with E-state index >= 15 is 0 Å². The lowest BCUT2D eigenvalue weighted by molar-refractivity contribution is 0.451. The molecule has 0 bridgehead atoms. The van der Waals surface area contributed by atoms with E-state index < -0.39 is 11.4 Å². The maximum atomic E-state index is 11.5. The van der Waals surface area contributed by atoms with Crippen LogP contribution >= 0.6 is 23.6 Å². The van der Waals surface area contributed by atoms with Gasteiger partial charge >= 0.3 is 0 Å². The molecule has 0 aliphatic carbocycles. The molecule has 2 heterocycles. The van der Waals surface area contributed by atoms with Crippen molar-refractivity contribution in [3.63, 3.8) is 0 Å². The van der Waals surface area contributed by atoms with Crippen molar-refractivity contribution in [2.45, 2.75) is 13.3 Å². The Hall–Kier alpha value is -1.94. The first-order valence-electron chi connectivity index (χ1n) is 4.90. The lowest BCUT2D eigenvalue weighted by atomic mass is 10.5. The summed E-state index contributed by atoms with van der Waals surface area (Å²) in [6, 6.07) is 0. The number of aryl methyl sites for hydroxylation is 1. The van der Waals surface area contributed by atoms with Crippen molar-refractivity contribution in [2.75, 3.05) is 0 Å². The zero-order chi connectivity index (χ0) is 13.1. The maximum absolute atomic E-state index is 11.5. The fourth-order valence-corrected chi connectivity index (χ4v) is 1.87. The Labute approximate surface area is 109 Å². The molecule has 2 aromatic heterocycles. The van der Waals surface area contributed by atoms with E-state index in [1.54, 1.807) is 0 Å². The summed E-state index contributed by atoms with van der Waals surface area (Å²) in [5, 5.41) is 25.6. The molecule has 0 atom stereocenters. The van der Waals surface area contributed by atoms with Crippen LogP contribution in [-0.4, -0.2) is 25.3 Å². The monoisotopic (exact) mass is 284 g/mol. The number of nitrogens with zero attached hydrogens (tertiary/aromatic N) is 4. The van der Waals surface area contributed by atoms with Gasteiger partial charge < -0.3 is 10.1 Å². The molecule has 94 valence electrons. The molecular formula is C8H8N6O2S2. The molecule has 0 aromatic carbocycles. The van der Waals surface area contributed by atoms with E-state index in [-0.39, 0.29) is 10.5 Å². The van der Waals surface area contributed by atoms with Gasteiger partial charge in [0, 0.05) is 0 Å². The number of hydrogen-bond donors (Lipinski definition) is 3. The Kier molecular flexibility index (Phi) is 3.58. The van der Waals surface area contributed by atoms with Gasteiger partial charge in [0.25, 0.3) is 10.7 Å². The van der Waals surface area contributed by atoms with Crippen LogP contribution < -0.4 is 5.56 Å². The molecule has 2 rings (SSSR count). The van der Waals surface area contributed by atoms with Gasteiger partial charge in [0.1, 0.15) is 5.01 Å². The van der Waals surface area contributed by atoms with Crippen molar-refractivity contribution >= 4 is 34.4 Å². The van der Waals surface area contributed by atoms with Gasteiger partial charge in [-0.3, -0.25) is 9.78 Å². The van der Waals surface area contributed by atoms with Crippen LogP contribution in [-0.2, 0) is 6.42 Å². The molecule has 0 unspecified atom stereocenters. The Bertz CT molecular complexity index is 700. The lowest BCUT2D eigenvalue weighted by Gasteiger charge is -1.94. The van der Waals surface area contributed by atoms with Gasteiger partial charge in [0.2, 0.25) is 11.6 Å². The third-order valence-corrected chi connectivity index (χ3v) is 3.05. The highest BCUT2D eigenvalue weighted by molar-refractivity contribution is 7.71. The van der Waals surface area contributed by atoms with Crippen molar-refractivity contribution in [3.05, 3.63) is 20.1 Å². The van der Waals surface area contributed by atoms with Gasteiger partial charge in [-0.15, -0.1) is 20.4 Å². The number of aromatic hydroxyl groups is 1. The molecule has 0 aliphatic heterocycles. The first kappa shape index (κ1) is 12.5. The topological polar surface area (TPSA) is 119 Å². The highest BCUT2D eigenvalue weighted by atomic mass is 32.1. The molecule has 0 radical (unpaired) electrons. The highest BCUT2D eigenvalue weighted by Crippen LogP contribution is 2.23. The van der Waals surface area contributed by atoms with E-state index in [4.69, 9.17) is 0 Å². The molecule has 0 fully saturated rings. The summed E-state index contributed by atoms with van der Waals surface area (Å²) in [6.45, 7) is 1.94. The number of nitrogens with one attached hydrogen (secondary N) is 2. The summed E-state index contributed by atoms with van der Waals surface area (Å²) in [5.74, 6) is -0.437. The minimum absolute atomic E-state index is 0.0145. The highest BCUT2D eigenvalue weighted by Gasteiger charge is 2.07. The summed E-state index contributed by atoms with van der Waals surface area (Å²) < 4.78 is 0.0145. The minimum Gasteiger partial charge on any atom is -0.493 e. The SMILES string of the molecule is CCc1nnc(N=Nc2c(O)[nH]c(=S)[nH]c2=O)s1. The summed E-state index contributed by atoms with van der Waals surface area (Å²) in [7, 11) is 0. The van der Waals surface area contributed by atoms with Crippen LogP contribution in [0.3, 0.4) is 0 Å². The molecule has 18 heavy (non-hydrogen) atoms. The molecule has 0 aliphatic rings. The van der Waals surface area contributed by atoms with E-state index in [0.717, 1.165) is 11.4 Å². The van der Waals surface area contributed by atoms with Crippen molar-refractivity contribution in [1.82, 2.24) is 20.2 Å². The molecule has 2 aromatic rings. The van der Waals surface area contributed by atoms with E-state index in [0.29, 0.717) is 5.13 Å². The second-order valence-corrected chi connectivity index (χ2v) is 4.59. The molecule has 0 saturated heterocycles. The zero-order valence-electron chi connectivity index (χ0n) is 9.17. The number of azo groups is 1. The maximum Gasteiger partial charge on any atom is 0.283 e. The molecule has 3 N–H and O–H groups in total. The van der Waals surface area contributed by atoms with Crippen molar-refractivity contribution < 1.29 is 5.11 Å². The first-order valence-corrected chi connectivity index (χ1v) is 6.12. The number of aromatic amines is 2. The Morgan fingerprint density at radius 3 is 2.78 bits per heavy atom. The predicted molar refractivity (Wildman–Crippen MR) is 67.4 cm³/mol. The first-order chi connectivity index (χ1) is 8.60. The van der Waals surface area contributed by atoms with Crippen LogP contribution in [0.15, 0.2) is 15.0 Å². The molecule has 8 nitrogen and oxygen atoms in total. The van der Waals surface area contributed by atoms with Gasteiger partial charge in [-0.05, 0) is 18.6 Å². The molecule has 0 amide bonds. The Morgan fingerprint density at radius 2 is 2.17 bits per heavy atom. The van der Waals surface area contributed by atoms with Crippen molar-refractivity contribution in [2.24, 2.45) is 10.2 Å². The van der Waals surface area contributed by atoms with Crippen molar-refractivity contribution in [3.8, 4) is 5.88 Å². The van der Waals surface area contributed by atoms with Gasteiger partial charge in [-0.2, -0.15) is 0 Å². The predicted octanol–water partition coefficient (Wildman–Crippen LogP) is 1.97.